The molecule has 20 heavy (non-hydrogen) atoms. The quantitative estimate of drug-likeness (QED) is 0.794. The van der Waals surface area contributed by atoms with Crippen molar-refractivity contribution in [1.29, 1.82) is 0 Å². The van der Waals surface area contributed by atoms with Crippen molar-refractivity contribution >= 4 is 16.0 Å². The minimum absolute atomic E-state index is 0.416. The highest BCUT2D eigenvalue weighted by Gasteiger charge is 2.55. The number of halogens is 2. The van der Waals surface area contributed by atoms with E-state index >= 15 is 0 Å². The molecule has 0 aromatic rings. The molecule has 4 rings (SSSR count). The Kier molecular flexibility index (Phi) is 2.93. The lowest BCUT2D eigenvalue weighted by molar-refractivity contribution is -0.142. The maximum Gasteiger partial charge on any atom is 0.410 e. The number of rotatable bonds is 3. The highest BCUT2D eigenvalue weighted by molar-refractivity contribution is 7.87. The molecule has 0 aromatic heterocycles. The van der Waals surface area contributed by atoms with Gasteiger partial charge < -0.3 is 9.87 Å². The Morgan fingerprint density at radius 3 is 1.85 bits per heavy atom. The number of carbonyl (C=O) groups excluding carboxylic acids is 1. The Morgan fingerprint density at radius 1 is 1.10 bits per heavy atom. The third-order valence-corrected chi connectivity index (χ3v) is 5.81. The van der Waals surface area contributed by atoms with Crippen molar-refractivity contribution < 1.29 is 26.5 Å². The zero-order valence-electron chi connectivity index (χ0n) is 10.8. The molecule has 4 aliphatic rings. The summed E-state index contributed by atoms with van der Waals surface area (Å²) in [5.41, 5.74) is -0.736. The van der Waals surface area contributed by atoms with Crippen molar-refractivity contribution in [3.8, 4) is 0 Å². The lowest BCUT2D eigenvalue weighted by Crippen LogP contribution is -2.63. The van der Waals surface area contributed by atoms with Gasteiger partial charge in [-0.05, 0) is 56.3 Å². The maximum absolute atomic E-state index is 13.3. The molecule has 0 spiro atoms. The Morgan fingerprint density at radius 2 is 1.50 bits per heavy atom. The minimum Gasteiger partial charge on any atom is -0.743 e. The lowest BCUT2D eigenvalue weighted by Gasteiger charge is -2.57. The van der Waals surface area contributed by atoms with Gasteiger partial charge in [-0.1, -0.05) is 0 Å². The fourth-order valence-corrected chi connectivity index (χ4v) is 4.97. The Balaban J connectivity index is 1.80. The van der Waals surface area contributed by atoms with Crippen LogP contribution in [-0.2, 0) is 14.9 Å². The van der Waals surface area contributed by atoms with Gasteiger partial charge in [-0.25, -0.2) is 8.42 Å². The topological polar surface area (TPSA) is 86.3 Å². The summed E-state index contributed by atoms with van der Waals surface area (Å²) < 4.78 is 58.1. The zero-order chi connectivity index (χ0) is 14.8. The second-order valence-corrected chi connectivity index (χ2v) is 8.04. The molecule has 1 amide bonds. The Bertz CT molecular complexity index is 510. The maximum atomic E-state index is 13.3. The first-order chi connectivity index (χ1) is 9.11. The van der Waals surface area contributed by atoms with Gasteiger partial charge in [0.05, 0.1) is 0 Å². The van der Waals surface area contributed by atoms with Crippen LogP contribution in [0, 0.1) is 17.8 Å². The van der Waals surface area contributed by atoms with Crippen LogP contribution in [0.5, 0.6) is 0 Å². The van der Waals surface area contributed by atoms with Crippen LogP contribution in [0.2, 0.25) is 0 Å². The first kappa shape index (κ1) is 14.2. The van der Waals surface area contributed by atoms with Crippen LogP contribution in [0.1, 0.15) is 38.5 Å². The summed E-state index contributed by atoms with van der Waals surface area (Å²) in [5.74, 6) is -0.716. The van der Waals surface area contributed by atoms with E-state index < -0.39 is 26.8 Å². The first-order valence-corrected chi connectivity index (χ1v) is 8.18. The molecule has 4 aliphatic carbocycles. The molecule has 0 unspecified atom stereocenters. The van der Waals surface area contributed by atoms with E-state index in [1.54, 1.807) is 0 Å². The molecule has 1 N–H and O–H groups in total. The fraction of sp³-hybridized carbons (Fsp3) is 0.917. The van der Waals surface area contributed by atoms with Crippen LogP contribution in [0.15, 0.2) is 0 Å². The molecule has 0 atom stereocenters. The summed E-state index contributed by atoms with van der Waals surface area (Å²) >= 11 is 0. The standard InChI is InChI=1S/C12H17F2NO4S/c13-12(14,20(17,18)19)10(16)15-11-4-7-1-8(5-11)3-9(2-7)6-11/h7-9H,1-6H2,(H,15,16)(H,17,18,19)/p-1. The predicted octanol–water partition coefficient (Wildman–Crippen LogP) is 1.21. The summed E-state index contributed by atoms with van der Waals surface area (Å²) in [4.78, 5) is 11.6. The molecule has 114 valence electrons. The van der Waals surface area contributed by atoms with Crippen LogP contribution < -0.4 is 5.32 Å². The van der Waals surface area contributed by atoms with E-state index in [1.165, 1.54) is 0 Å². The third-order valence-electron chi connectivity index (χ3n) is 5.00. The molecular weight excluding hydrogens is 292 g/mol. The summed E-state index contributed by atoms with van der Waals surface area (Å²) in [5, 5.41) is -2.69. The van der Waals surface area contributed by atoms with Crippen LogP contribution >= 0.6 is 0 Å². The van der Waals surface area contributed by atoms with Crippen molar-refractivity contribution in [2.24, 2.45) is 17.8 Å². The number of carbonyl (C=O) groups is 1. The number of hydrogen-bond acceptors (Lipinski definition) is 4. The summed E-state index contributed by atoms with van der Waals surface area (Å²) in [6, 6.07) is 0. The van der Waals surface area contributed by atoms with Gasteiger partial charge in [-0.2, -0.15) is 8.78 Å². The van der Waals surface area contributed by atoms with Gasteiger partial charge in [-0.15, -0.1) is 0 Å². The zero-order valence-corrected chi connectivity index (χ0v) is 11.6. The van der Waals surface area contributed by atoms with E-state index in [1.807, 2.05) is 0 Å². The van der Waals surface area contributed by atoms with E-state index in [9.17, 15) is 26.5 Å². The van der Waals surface area contributed by atoms with Crippen LogP contribution in [-0.4, -0.2) is 29.7 Å². The molecular formula is C12H16F2NO4S-. The fourth-order valence-electron chi connectivity index (χ4n) is 4.69. The van der Waals surface area contributed by atoms with E-state index in [4.69, 9.17) is 0 Å². The van der Waals surface area contributed by atoms with Gasteiger partial charge in [0.25, 0.3) is 0 Å². The highest BCUT2D eigenvalue weighted by Crippen LogP contribution is 2.55. The molecule has 4 fully saturated rings. The highest BCUT2D eigenvalue weighted by atomic mass is 32.2. The number of nitrogens with one attached hydrogen (secondary N) is 1. The second-order valence-electron chi connectivity index (χ2n) is 6.62. The van der Waals surface area contributed by atoms with Gasteiger partial charge in [0.1, 0.15) is 0 Å². The smallest absolute Gasteiger partial charge is 0.410 e. The molecule has 0 heterocycles. The third kappa shape index (κ3) is 2.13. The average Bonchev–Trinajstić information content (AvgIpc) is 2.24. The SMILES string of the molecule is O=C(NC12CC3CC(CC(C3)C1)C2)C(F)(F)S(=O)(=O)[O-]. The molecule has 5 nitrogen and oxygen atoms in total. The van der Waals surface area contributed by atoms with Crippen molar-refractivity contribution in [3.05, 3.63) is 0 Å². The summed E-state index contributed by atoms with van der Waals surface area (Å²) in [6.45, 7) is 0. The Labute approximate surface area is 115 Å². The minimum atomic E-state index is -5.98. The largest absolute Gasteiger partial charge is 0.743 e. The monoisotopic (exact) mass is 308 g/mol. The molecule has 8 heteroatoms. The number of alkyl halides is 2. The average molecular weight is 308 g/mol. The molecule has 0 aromatic carbocycles. The molecule has 0 radical (unpaired) electrons. The van der Waals surface area contributed by atoms with Crippen LogP contribution in [0.3, 0.4) is 0 Å². The van der Waals surface area contributed by atoms with Gasteiger partial charge in [-0.3, -0.25) is 4.79 Å². The molecule has 4 bridgehead atoms. The predicted molar refractivity (Wildman–Crippen MR) is 63.7 cm³/mol. The van der Waals surface area contributed by atoms with Gasteiger partial charge >= 0.3 is 11.2 Å². The number of amides is 1. The second kappa shape index (κ2) is 4.13. The van der Waals surface area contributed by atoms with Gasteiger partial charge in [0.2, 0.25) is 0 Å². The van der Waals surface area contributed by atoms with Gasteiger partial charge in [0, 0.05) is 5.54 Å². The normalized spacial score (nSPS) is 39.9. The molecule has 4 saturated carbocycles. The summed E-state index contributed by atoms with van der Waals surface area (Å²) in [7, 11) is -5.98. The van der Waals surface area contributed by atoms with E-state index in [0.29, 0.717) is 37.0 Å². The van der Waals surface area contributed by atoms with Crippen molar-refractivity contribution in [2.75, 3.05) is 0 Å². The van der Waals surface area contributed by atoms with Crippen molar-refractivity contribution in [2.45, 2.75) is 49.3 Å². The molecule has 0 aliphatic heterocycles. The van der Waals surface area contributed by atoms with Gasteiger partial charge in [0.15, 0.2) is 10.1 Å². The first-order valence-electron chi connectivity index (χ1n) is 6.77. The number of hydrogen-bond donors (Lipinski definition) is 1. The van der Waals surface area contributed by atoms with Crippen molar-refractivity contribution in [3.63, 3.8) is 0 Å². The van der Waals surface area contributed by atoms with E-state index in [2.05, 4.69) is 5.32 Å². The molecule has 0 saturated heterocycles. The Hall–Kier alpha value is -0.760. The van der Waals surface area contributed by atoms with Crippen LogP contribution in [0.4, 0.5) is 8.78 Å². The van der Waals surface area contributed by atoms with Crippen LogP contribution in [0.25, 0.3) is 0 Å². The van der Waals surface area contributed by atoms with E-state index in [-0.39, 0.29) is 0 Å². The summed E-state index contributed by atoms with van der Waals surface area (Å²) in [6.07, 6.45) is 5.02. The van der Waals surface area contributed by atoms with Crippen molar-refractivity contribution in [1.82, 2.24) is 5.32 Å². The lowest BCUT2D eigenvalue weighted by atomic mass is 9.53. The van der Waals surface area contributed by atoms with E-state index in [0.717, 1.165) is 19.3 Å².